The second kappa shape index (κ2) is 4.33. The maximum Gasteiger partial charge on any atom is 0.416 e. The molecule has 0 saturated heterocycles. The molecule has 0 N–H and O–H groups in total. The first-order chi connectivity index (χ1) is 12.4. The zero-order chi connectivity index (χ0) is 19.7. The predicted molar refractivity (Wildman–Crippen MR) is 91.5 cm³/mol. The monoisotopic (exact) mass is 380 g/mol. The molecule has 5 rings (SSSR count). The molecular formula is C20H20F4N2O. The Labute approximate surface area is 153 Å². The van der Waals surface area contributed by atoms with Gasteiger partial charge in [-0.15, -0.1) is 0 Å². The number of benzene rings is 1. The SMILES string of the molecule is Cn1c2c(c(=O)n1-c1cc(C(F)(F)F)ccc1F)C1CCC13C(C)(C)[C@]23C. The third-order valence-electron chi connectivity index (χ3n) is 8.24. The van der Waals surface area contributed by atoms with Crippen LogP contribution in [0.3, 0.4) is 0 Å². The van der Waals surface area contributed by atoms with Gasteiger partial charge in [0, 0.05) is 18.0 Å². The van der Waals surface area contributed by atoms with Gasteiger partial charge >= 0.3 is 6.18 Å². The fourth-order valence-electron chi connectivity index (χ4n) is 6.71. The van der Waals surface area contributed by atoms with Gasteiger partial charge in [-0.2, -0.15) is 13.2 Å². The summed E-state index contributed by atoms with van der Waals surface area (Å²) in [6.45, 7) is 6.51. The molecule has 7 heteroatoms. The number of alkyl halides is 3. The fourth-order valence-corrected chi connectivity index (χ4v) is 6.71. The number of halogens is 4. The Morgan fingerprint density at radius 2 is 1.85 bits per heavy atom. The van der Waals surface area contributed by atoms with Crippen LogP contribution in [-0.4, -0.2) is 9.36 Å². The number of rotatable bonds is 1. The van der Waals surface area contributed by atoms with E-state index in [9.17, 15) is 22.4 Å². The molecule has 2 aromatic rings. The number of aromatic nitrogens is 2. The highest BCUT2D eigenvalue weighted by Crippen LogP contribution is 2.92. The number of nitrogens with zero attached hydrogens (tertiary/aromatic N) is 2. The molecule has 3 atom stereocenters. The standard InChI is InChI=1S/C20H20F4N2O/c1-17(2)18(3)15-14(11-7-8-19(11,17)18)16(27)26(25(15)4)13-9-10(20(22,23)24)5-6-12(13)21/h5-6,9,11H,7-8H2,1-4H3/t11?,18-,19?/m0/s1. The molecule has 1 spiro atoms. The van der Waals surface area contributed by atoms with Gasteiger partial charge in [-0.3, -0.25) is 9.48 Å². The van der Waals surface area contributed by atoms with Crippen LogP contribution in [-0.2, 0) is 18.6 Å². The predicted octanol–water partition coefficient (Wildman–Crippen LogP) is 4.51. The van der Waals surface area contributed by atoms with E-state index in [2.05, 4.69) is 20.8 Å². The quantitative estimate of drug-likeness (QED) is 0.669. The molecule has 1 aromatic heterocycles. The Balaban J connectivity index is 1.77. The molecule has 2 unspecified atom stereocenters. The van der Waals surface area contributed by atoms with E-state index < -0.39 is 17.6 Å². The van der Waals surface area contributed by atoms with Gasteiger partial charge in [0.25, 0.3) is 5.56 Å². The lowest BCUT2D eigenvalue weighted by Crippen LogP contribution is -2.33. The molecule has 3 aliphatic carbocycles. The highest BCUT2D eigenvalue weighted by Gasteiger charge is 2.89. The van der Waals surface area contributed by atoms with E-state index in [1.165, 1.54) is 0 Å². The first-order valence-corrected chi connectivity index (χ1v) is 9.11. The van der Waals surface area contributed by atoms with Crippen LogP contribution in [0.25, 0.3) is 5.69 Å². The second-order valence-electron chi connectivity index (χ2n) is 8.88. The van der Waals surface area contributed by atoms with Crippen LogP contribution in [0.1, 0.15) is 56.4 Å². The van der Waals surface area contributed by atoms with Crippen molar-refractivity contribution in [2.24, 2.45) is 17.9 Å². The first kappa shape index (κ1) is 17.1. The molecule has 1 aromatic carbocycles. The third kappa shape index (κ3) is 1.49. The number of hydrogen-bond donors (Lipinski definition) is 0. The summed E-state index contributed by atoms with van der Waals surface area (Å²) >= 11 is 0. The van der Waals surface area contributed by atoms with Crippen molar-refractivity contribution in [2.45, 2.75) is 51.1 Å². The van der Waals surface area contributed by atoms with Crippen LogP contribution in [0.2, 0.25) is 0 Å². The molecule has 1 heterocycles. The summed E-state index contributed by atoms with van der Waals surface area (Å²) in [4.78, 5) is 13.2. The van der Waals surface area contributed by atoms with E-state index in [1.807, 2.05) is 0 Å². The van der Waals surface area contributed by atoms with Crippen molar-refractivity contribution < 1.29 is 17.6 Å². The molecule has 144 valence electrons. The maximum atomic E-state index is 14.5. The van der Waals surface area contributed by atoms with Crippen molar-refractivity contribution >= 4 is 0 Å². The Kier molecular flexibility index (Phi) is 2.74. The topological polar surface area (TPSA) is 26.9 Å². The minimum absolute atomic E-state index is 0.0126. The van der Waals surface area contributed by atoms with Gasteiger partial charge < -0.3 is 0 Å². The van der Waals surface area contributed by atoms with E-state index in [-0.39, 0.29) is 33.4 Å². The van der Waals surface area contributed by atoms with Crippen LogP contribution in [0.4, 0.5) is 17.6 Å². The van der Waals surface area contributed by atoms with E-state index in [0.717, 1.165) is 35.4 Å². The van der Waals surface area contributed by atoms with Gasteiger partial charge in [-0.1, -0.05) is 20.8 Å². The van der Waals surface area contributed by atoms with Gasteiger partial charge in [-0.05, 0) is 47.8 Å². The second-order valence-corrected chi connectivity index (χ2v) is 8.88. The Bertz CT molecular complexity index is 1080. The van der Waals surface area contributed by atoms with Crippen molar-refractivity contribution in [1.82, 2.24) is 9.36 Å². The van der Waals surface area contributed by atoms with Crippen molar-refractivity contribution in [2.75, 3.05) is 0 Å². The minimum atomic E-state index is -4.60. The van der Waals surface area contributed by atoms with Crippen molar-refractivity contribution in [1.29, 1.82) is 0 Å². The number of hydrogen-bond acceptors (Lipinski definition) is 1. The molecule has 0 aliphatic heterocycles. The van der Waals surface area contributed by atoms with Crippen LogP contribution in [0.15, 0.2) is 23.0 Å². The van der Waals surface area contributed by atoms with Crippen LogP contribution < -0.4 is 5.56 Å². The zero-order valence-corrected chi connectivity index (χ0v) is 15.5. The minimum Gasteiger partial charge on any atom is -0.284 e. The zero-order valence-electron chi connectivity index (χ0n) is 15.5. The molecule has 2 fully saturated rings. The van der Waals surface area contributed by atoms with Crippen LogP contribution in [0, 0.1) is 16.6 Å². The highest BCUT2D eigenvalue weighted by atomic mass is 19.4. The summed E-state index contributed by atoms with van der Waals surface area (Å²) in [6.07, 6.45) is -2.66. The first-order valence-electron chi connectivity index (χ1n) is 9.11. The summed E-state index contributed by atoms with van der Waals surface area (Å²) in [5, 5.41) is 0. The van der Waals surface area contributed by atoms with E-state index in [0.29, 0.717) is 11.6 Å². The molecule has 27 heavy (non-hydrogen) atoms. The van der Waals surface area contributed by atoms with E-state index in [4.69, 9.17) is 0 Å². The summed E-state index contributed by atoms with van der Waals surface area (Å²) in [5.74, 6) is -0.731. The smallest absolute Gasteiger partial charge is 0.284 e. The third-order valence-corrected chi connectivity index (χ3v) is 8.24. The van der Waals surface area contributed by atoms with Gasteiger partial charge in [0.05, 0.1) is 11.3 Å². The Hall–Kier alpha value is -2.05. The molecule has 0 bridgehead atoms. The molecular weight excluding hydrogens is 360 g/mol. The van der Waals surface area contributed by atoms with E-state index in [1.54, 1.807) is 11.7 Å². The average Bonchev–Trinajstić information content (AvgIpc) is 2.71. The summed E-state index contributed by atoms with van der Waals surface area (Å²) in [7, 11) is 1.65. The Morgan fingerprint density at radius 1 is 1.19 bits per heavy atom. The summed E-state index contributed by atoms with van der Waals surface area (Å²) < 4.78 is 56.5. The van der Waals surface area contributed by atoms with Gasteiger partial charge in [0.1, 0.15) is 11.5 Å². The average molecular weight is 380 g/mol. The number of fused-ring (bicyclic) bond motifs is 3. The maximum absolute atomic E-state index is 14.5. The van der Waals surface area contributed by atoms with Crippen molar-refractivity contribution in [3.63, 3.8) is 0 Å². The molecule has 3 nitrogen and oxygen atoms in total. The molecule has 0 amide bonds. The largest absolute Gasteiger partial charge is 0.416 e. The van der Waals surface area contributed by atoms with Gasteiger partial charge in [0.15, 0.2) is 0 Å². The van der Waals surface area contributed by atoms with E-state index >= 15 is 0 Å². The van der Waals surface area contributed by atoms with Gasteiger partial charge in [-0.25, -0.2) is 9.07 Å². The van der Waals surface area contributed by atoms with Gasteiger partial charge in [0.2, 0.25) is 0 Å². The van der Waals surface area contributed by atoms with Crippen LogP contribution in [0.5, 0.6) is 0 Å². The molecule has 0 radical (unpaired) electrons. The lowest BCUT2D eigenvalue weighted by atomic mass is 9.65. The lowest BCUT2D eigenvalue weighted by Gasteiger charge is -2.38. The molecule has 3 aliphatic rings. The Morgan fingerprint density at radius 3 is 2.41 bits per heavy atom. The lowest BCUT2D eigenvalue weighted by molar-refractivity contribution is -0.137. The van der Waals surface area contributed by atoms with Crippen LogP contribution >= 0.6 is 0 Å². The summed E-state index contributed by atoms with van der Waals surface area (Å²) in [6, 6.07) is 2.20. The molecule has 2 saturated carbocycles. The highest BCUT2D eigenvalue weighted by molar-refractivity contribution is 5.59. The summed E-state index contributed by atoms with van der Waals surface area (Å²) in [5.41, 5.74) is -0.318. The van der Waals surface area contributed by atoms with Crippen molar-refractivity contribution in [3.8, 4) is 5.69 Å². The van der Waals surface area contributed by atoms with Crippen molar-refractivity contribution in [3.05, 3.63) is 51.2 Å². The normalized spacial score (nSPS) is 32.5. The fraction of sp³-hybridized carbons (Fsp3) is 0.550.